The van der Waals surface area contributed by atoms with Crippen molar-refractivity contribution in [1.29, 1.82) is 0 Å². The fourth-order valence-corrected chi connectivity index (χ4v) is 2.38. The number of imide groups is 2. The number of nitrogens with zero attached hydrogens (tertiary/aromatic N) is 1. The number of nitrogens with one attached hydrogen (secondary N) is 3. The van der Waals surface area contributed by atoms with Gasteiger partial charge >= 0.3 is 6.03 Å². The Morgan fingerprint density at radius 2 is 1.67 bits per heavy atom. The van der Waals surface area contributed by atoms with Gasteiger partial charge in [-0.15, -0.1) is 0 Å². The molecule has 3 N–H and O–H groups in total. The molecule has 4 amide bonds. The SMILES string of the molecule is CCC(=NCCC[NH+](CC)CC)C1C(=O)NC(=O)NC1=O. The van der Waals surface area contributed by atoms with Crippen LogP contribution < -0.4 is 15.5 Å². The first-order valence-electron chi connectivity index (χ1n) is 7.55. The number of hydrogen-bond donors (Lipinski definition) is 3. The summed E-state index contributed by atoms with van der Waals surface area (Å²) in [6.07, 6.45) is 1.42. The summed E-state index contributed by atoms with van der Waals surface area (Å²) in [6.45, 7) is 9.92. The van der Waals surface area contributed by atoms with Gasteiger partial charge in [-0.25, -0.2) is 4.79 Å². The molecule has 1 fully saturated rings. The second-order valence-corrected chi connectivity index (χ2v) is 5.03. The van der Waals surface area contributed by atoms with Crippen LogP contribution in [0, 0.1) is 5.92 Å². The predicted molar refractivity (Wildman–Crippen MR) is 79.3 cm³/mol. The van der Waals surface area contributed by atoms with Crippen LogP contribution in [-0.4, -0.2) is 49.7 Å². The Morgan fingerprint density at radius 3 is 2.14 bits per heavy atom. The normalized spacial score (nSPS) is 17.1. The van der Waals surface area contributed by atoms with E-state index < -0.39 is 23.8 Å². The van der Waals surface area contributed by atoms with Gasteiger partial charge in [0.15, 0.2) is 5.92 Å². The lowest BCUT2D eigenvalue weighted by molar-refractivity contribution is -0.896. The number of urea groups is 1. The minimum atomic E-state index is -0.978. The van der Waals surface area contributed by atoms with Gasteiger partial charge in [0.2, 0.25) is 11.8 Å². The molecule has 1 heterocycles. The topological polar surface area (TPSA) is 92.1 Å². The third-order valence-electron chi connectivity index (χ3n) is 3.70. The monoisotopic (exact) mass is 297 g/mol. The van der Waals surface area contributed by atoms with Gasteiger partial charge in [0, 0.05) is 18.7 Å². The number of rotatable bonds is 8. The average molecular weight is 297 g/mol. The molecule has 0 aromatic carbocycles. The quantitative estimate of drug-likeness (QED) is 0.309. The molecule has 0 aliphatic carbocycles. The van der Waals surface area contributed by atoms with E-state index in [0.717, 1.165) is 26.1 Å². The minimum Gasteiger partial charge on any atom is -0.335 e. The van der Waals surface area contributed by atoms with E-state index in [1.54, 1.807) is 0 Å². The number of aliphatic imine (C=N–C) groups is 1. The van der Waals surface area contributed by atoms with E-state index in [-0.39, 0.29) is 0 Å². The van der Waals surface area contributed by atoms with Crippen LogP contribution in [0.4, 0.5) is 4.79 Å². The number of quaternary nitrogens is 1. The zero-order chi connectivity index (χ0) is 15.8. The van der Waals surface area contributed by atoms with Gasteiger partial charge in [0.1, 0.15) is 0 Å². The summed E-state index contributed by atoms with van der Waals surface area (Å²) in [6, 6.07) is -0.762. The molecule has 1 saturated heterocycles. The van der Waals surface area contributed by atoms with Crippen molar-refractivity contribution in [2.24, 2.45) is 10.9 Å². The van der Waals surface area contributed by atoms with Crippen LogP contribution in [0.15, 0.2) is 4.99 Å². The molecule has 21 heavy (non-hydrogen) atoms. The second-order valence-electron chi connectivity index (χ2n) is 5.03. The Bertz CT molecular complexity index is 410. The molecule has 0 spiro atoms. The predicted octanol–water partition coefficient (Wildman–Crippen LogP) is -0.866. The van der Waals surface area contributed by atoms with Crippen molar-refractivity contribution < 1.29 is 19.3 Å². The highest BCUT2D eigenvalue weighted by Gasteiger charge is 2.37. The van der Waals surface area contributed by atoms with Crippen molar-refractivity contribution in [2.75, 3.05) is 26.2 Å². The fourth-order valence-electron chi connectivity index (χ4n) is 2.38. The van der Waals surface area contributed by atoms with E-state index in [1.807, 2.05) is 6.92 Å². The largest absolute Gasteiger partial charge is 0.335 e. The van der Waals surface area contributed by atoms with Crippen molar-refractivity contribution in [1.82, 2.24) is 10.6 Å². The third-order valence-corrected chi connectivity index (χ3v) is 3.70. The lowest BCUT2D eigenvalue weighted by atomic mass is 9.97. The first kappa shape index (κ1) is 17.3. The van der Waals surface area contributed by atoms with E-state index in [2.05, 4.69) is 29.5 Å². The molecule has 0 radical (unpaired) electrons. The lowest BCUT2D eigenvalue weighted by Crippen LogP contribution is -3.11. The lowest BCUT2D eigenvalue weighted by Gasteiger charge is -2.21. The zero-order valence-corrected chi connectivity index (χ0v) is 13.0. The molecule has 0 aromatic heterocycles. The van der Waals surface area contributed by atoms with Gasteiger partial charge in [-0.05, 0) is 20.3 Å². The van der Waals surface area contributed by atoms with Crippen LogP contribution in [0.1, 0.15) is 33.6 Å². The molecule has 0 atom stereocenters. The minimum absolute atomic E-state index is 0.512. The highest BCUT2D eigenvalue weighted by atomic mass is 16.2. The average Bonchev–Trinajstić information content (AvgIpc) is 2.44. The maximum Gasteiger partial charge on any atom is 0.328 e. The number of amides is 4. The first-order chi connectivity index (χ1) is 10.0. The second kappa shape index (κ2) is 8.51. The van der Waals surface area contributed by atoms with Gasteiger partial charge < -0.3 is 4.90 Å². The summed E-state index contributed by atoms with van der Waals surface area (Å²) in [5.41, 5.74) is 0.534. The van der Waals surface area contributed by atoms with E-state index in [4.69, 9.17) is 0 Å². The van der Waals surface area contributed by atoms with Crippen molar-refractivity contribution in [2.45, 2.75) is 33.6 Å². The number of hydrogen-bond acceptors (Lipinski definition) is 4. The fraction of sp³-hybridized carbons (Fsp3) is 0.714. The Kier molecular flexibility index (Phi) is 7.01. The maximum atomic E-state index is 11.8. The highest BCUT2D eigenvalue weighted by molar-refractivity contribution is 6.27. The van der Waals surface area contributed by atoms with Gasteiger partial charge in [-0.1, -0.05) is 6.92 Å². The molecular weight excluding hydrogens is 272 g/mol. The van der Waals surface area contributed by atoms with Gasteiger partial charge in [-0.3, -0.25) is 25.2 Å². The van der Waals surface area contributed by atoms with Crippen molar-refractivity contribution >= 4 is 23.6 Å². The van der Waals surface area contributed by atoms with E-state index >= 15 is 0 Å². The summed E-state index contributed by atoms with van der Waals surface area (Å²) in [5.74, 6) is -2.15. The van der Waals surface area contributed by atoms with Gasteiger partial charge in [-0.2, -0.15) is 0 Å². The Balaban J connectivity index is 2.60. The van der Waals surface area contributed by atoms with Crippen LogP contribution in [-0.2, 0) is 9.59 Å². The van der Waals surface area contributed by atoms with E-state index in [1.165, 1.54) is 4.90 Å². The molecule has 1 aliphatic heterocycles. The van der Waals surface area contributed by atoms with E-state index in [9.17, 15) is 14.4 Å². The zero-order valence-electron chi connectivity index (χ0n) is 13.0. The molecule has 0 bridgehead atoms. The molecular formula is C14H25N4O3+. The molecule has 7 heteroatoms. The van der Waals surface area contributed by atoms with Gasteiger partial charge in [0.25, 0.3) is 0 Å². The first-order valence-corrected chi connectivity index (χ1v) is 7.55. The summed E-state index contributed by atoms with van der Waals surface area (Å²) < 4.78 is 0. The molecule has 1 rings (SSSR count). The smallest absolute Gasteiger partial charge is 0.328 e. The molecule has 0 saturated carbocycles. The Hall–Kier alpha value is -1.76. The molecule has 0 unspecified atom stereocenters. The summed E-state index contributed by atoms with van der Waals surface area (Å²) in [7, 11) is 0. The van der Waals surface area contributed by atoms with Crippen LogP contribution in [0.2, 0.25) is 0 Å². The highest BCUT2D eigenvalue weighted by Crippen LogP contribution is 2.08. The van der Waals surface area contributed by atoms with Crippen molar-refractivity contribution in [3.63, 3.8) is 0 Å². The van der Waals surface area contributed by atoms with Crippen LogP contribution in [0.25, 0.3) is 0 Å². The molecule has 0 aromatic rings. The maximum absolute atomic E-state index is 11.8. The summed E-state index contributed by atoms with van der Waals surface area (Å²) in [4.78, 5) is 40.5. The number of carbonyl (C=O) groups is 3. The Labute approximate surface area is 125 Å². The summed E-state index contributed by atoms with van der Waals surface area (Å²) >= 11 is 0. The summed E-state index contributed by atoms with van der Waals surface area (Å²) in [5, 5.41) is 4.21. The van der Waals surface area contributed by atoms with Crippen LogP contribution in [0.5, 0.6) is 0 Å². The van der Waals surface area contributed by atoms with Crippen molar-refractivity contribution in [3.05, 3.63) is 0 Å². The molecule has 118 valence electrons. The molecule has 1 aliphatic rings. The Morgan fingerprint density at radius 1 is 1.10 bits per heavy atom. The number of barbiturate groups is 1. The molecule has 7 nitrogen and oxygen atoms in total. The number of carbonyl (C=O) groups excluding carboxylic acids is 3. The van der Waals surface area contributed by atoms with Crippen molar-refractivity contribution in [3.8, 4) is 0 Å². The van der Waals surface area contributed by atoms with Crippen LogP contribution in [0.3, 0.4) is 0 Å². The van der Waals surface area contributed by atoms with Crippen LogP contribution >= 0.6 is 0 Å². The standard InChI is InChI=1S/C14H24N4O3/c1-4-10(15-8-7-9-18(5-2)6-3)11-12(19)16-14(21)17-13(11)20/h11H,4-9H2,1-3H3,(H2,16,17,19,20,21)/p+1. The third kappa shape index (κ3) is 4.93. The van der Waals surface area contributed by atoms with E-state index in [0.29, 0.717) is 18.7 Å². The van der Waals surface area contributed by atoms with Gasteiger partial charge in [0.05, 0.1) is 19.6 Å².